The molecule has 1 rings (SSSR count). The quantitative estimate of drug-likeness (QED) is 0.595. The van der Waals surface area contributed by atoms with Crippen LogP contribution in [0.25, 0.3) is 0 Å². The lowest BCUT2D eigenvalue weighted by Gasteiger charge is -2.17. The number of carbonyl (C=O) groups excluding carboxylic acids is 2. The van der Waals surface area contributed by atoms with Crippen LogP contribution in [-0.4, -0.2) is 35.2 Å². The van der Waals surface area contributed by atoms with E-state index in [1.807, 2.05) is 0 Å². The molecular formula is C13H15FO5. The Bertz CT molecular complexity index is 460. The fourth-order valence-corrected chi connectivity index (χ4v) is 1.60. The highest BCUT2D eigenvalue weighted by Gasteiger charge is 2.23. The molecule has 1 aromatic rings. The van der Waals surface area contributed by atoms with Gasteiger partial charge in [0.2, 0.25) is 0 Å². The first kappa shape index (κ1) is 15.3. The van der Waals surface area contributed by atoms with Gasteiger partial charge < -0.3 is 14.9 Å². The number of esters is 1. The van der Waals surface area contributed by atoms with E-state index < -0.39 is 30.4 Å². The minimum absolute atomic E-state index is 0.0268. The van der Waals surface area contributed by atoms with Crippen LogP contribution in [0.4, 0.5) is 4.39 Å². The maximum absolute atomic E-state index is 13.2. The lowest BCUT2D eigenvalue weighted by Crippen LogP contribution is -2.23. The minimum atomic E-state index is -1.47. The van der Waals surface area contributed by atoms with Crippen molar-refractivity contribution in [1.82, 2.24) is 0 Å². The van der Waals surface area contributed by atoms with Gasteiger partial charge in [-0.05, 0) is 30.7 Å². The maximum atomic E-state index is 13.2. The molecule has 5 nitrogen and oxygen atoms in total. The molecule has 0 aliphatic heterocycles. The molecule has 0 saturated carbocycles. The van der Waals surface area contributed by atoms with Crippen molar-refractivity contribution in [3.8, 4) is 0 Å². The fraction of sp³-hybridized carbons (Fsp3) is 0.385. The summed E-state index contributed by atoms with van der Waals surface area (Å²) in [6, 6.07) is 3.24. The summed E-state index contributed by atoms with van der Waals surface area (Å²) in [4.78, 5) is 21.7. The van der Waals surface area contributed by atoms with Crippen molar-refractivity contribution in [2.45, 2.75) is 25.6 Å². The molecule has 0 amide bonds. The zero-order chi connectivity index (χ0) is 14.4. The van der Waals surface area contributed by atoms with Crippen LogP contribution in [0.15, 0.2) is 18.2 Å². The van der Waals surface area contributed by atoms with Crippen LogP contribution < -0.4 is 0 Å². The Labute approximate surface area is 109 Å². The molecule has 19 heavy (non-hydrogen) atoms. The number of aliphatic hydroxyl groups excluding tert-OH is 2. The maximum Gasteiger partial charge on any atom is 0.308 e. The summed E-state index contributed by atoms with van der Waals surface area (Å²) in [7, 11) is 0. The van der Waals surface area contributed by atoms with Gasteiger partial charge in [0.15, 0.2) is 0 Å². The van der Waals surface area contributed by atoms with E-state index >= 15 is 0 Å². The lowest BCUT2D eigenvalue weighted by molar-refractivity contribution is -0.147. The van der Waals surface area contributed by atoms with Crippen LogP contribution in [0, 0.1) is 5.82 Å². The van der Waals surface area contributed by atoms with E-state index in [0.717, 1.165) is 12.1 Å². The molecule has 0 aliphatic rings. The van der Waals surface area contributed by atoms with Crippen LogP contribution in [0.3, 0.4) is 0 Å². The Balaban J connectivity index is 2.81. The highest BCUT2D eigenvalue weighted by atomic mass is 19.1. The zero-order valence-electron chi connectivity index (χ0n) is 10.4. The Morgan fingerprint density at radius 2 is 2.11 bits per heavy atom. The molecule has 0 fully saturated rings. The van der Waals surface area contributed by atoms with E-state index in [1.54, 1.807) is 6.92 Å². The predicted molar refractivity (Wildman–Crippen MR) is 64.0 cm³/mol. The van der Waals surface area contributed by atoms with E-state index in [4.69, 9.17) is 0 Å². The number of hydrogen-bond acceptors (Lipinski definition) is 5. The van der Waals surface area contributed by atoms with Crippen LogP contribution in [0.5, 0.6) is 0 Å². The SMILES string of the molecule is CCOC(=O)CC(O)C(O)c1cc(F)cc(C=O)c1. The second-order valence-corrected chi connectivity index (χ2v) is 3.96. The molecular weight excluding hydrogens is 255 g/mol. The number of halogens is 1. The average Bonchev–Trinajstić information content (AvgIpc) is 2.37. The monoisotopic (exact) mass is 270 g/mol. The van der Waals surface area contributed by atoms with Crippen molar-refractivity contribution in [3.63, 3.8) is 0 Å². The van der Waals surface area contributed by atoms with Gasteiger partial charge in [-0.15, -0.1) is 0 Å². The van der Waals surface area contributed by atoms with Crippen LogP contribution in [-0.2, 0) is 9.53 Å². The van der Waals surface area contributed by atoms with Crippen molar-refractivity contribution in [3.05, 3.63) is 35.1 Å². The first-order chi connectivity index (χ1) is 8.97. The largest absolute Gasteiger partial charge is 0.466 e. The summed E-state index contributed by atoms with van der Waals surface area (Å²) in [6.45, 7) is 1.78. The van der Waals surface area contributed by atoms with Gasteiger partial charge in [0.1, 0.15) is 18.2 Å². The molecule has 6 heteroatoms. The summed E-state index contributed by atoms with van der Waals surface area (Å²) in [5.74, 6) is -1.37. The van der Waals surface area contributed by atoms with Gasteiger partial charge in [0.25, 0.3) is 0 Å². The summed E-state index contributed by atoms with van der Waals surface area (Å²) in [5, 5.41) is 19.5. The summed E-state index contributed by atoms with van der Waals surface area (Å²) >= 11 is 0. The topological polar surface area (TPSA) is 83.8 Å². The number of hydrogen-bond donors (Lipinski definition) is 2. The number of aliphatic hydroxyl groups is 2. The van der Waals surface area contributed by atoms with Gasteiger partial charge in [-0.3, -0.25) is 9.59 Å². The van der Waals surface area contributed by atoms with Crippen LogP contribution >= 0.6 is 0 Å². The molecule has 1 aromatic carbocycles. The Morgan fingerprint density at radius 3 is 2.68 bits per heavy atom. The average molecular weight is 270 g/mol. The molecule has 0 saturated heterocycles. The molecule has 0 radical (unpaired) electrons. The van der Waals surface area contributed by atoms with Gasteiger partial charge >= 0.3 is 5.97 Å². The normalized spacial score (nSPS) is 13.7. The molecule has 0 heterocycles. The second kappa shape index (κ2) is 6.96. The Hall–Kier alpha value is -1.79. The zero-order valence-corrected chi connectivity index (χ0v) is 10.4. The van der Waals surface area contributed by atoms with E-state index in [0.29, 0.717) is 6.29 Å². The molecule has 0 spiro atoms. The first-order valence-electron chi connectivity index (χ1n) is 5.75. The summed E-state index contributed by atoms with van der Waals surface area (Å²) < 4.78 is 17.8. The minimum Gasteiger partial charge on any atom is -0.466 e. The van der Waals surface area contributed by atoms with Crippen molar-refractivity contribution >= 4 is 12.3 Å². The van der Waals surface area contributed by atoms with Crippen molar-refractivity contribution in [2.75, 3.05) is 6.61 Å². The molecule has 0 bridgehead atoms. The molecule has 2 unspecified atom stereocenters. The lowest BCUT2D eigenvalue weighted by atomic mass is 10.00. The summed E-state index contributed by atoms with van der Waals surface area (Å²) in [5.41, 5.74) is 0.0660. The van der Waals surface area contributed by atoms with Crippen molar-refractivity contribution in [1.29, 1.82) is 0 Å². The number of carbonyl (C=O) groups is 2. The Kier molecular flexibility index (Phi) is 5.59. The first-order valence-corrected chi connectivity index (χ1v) is 5.75. The smallest absolute Gasteiger partial charge is 0.308 e. The molecule has 104 valence electrons. The van der Waals surface area contributed by atoms with E-state index in [2.05, 4.69) is 4.74 Å². The third kappa shape index (κ3) is 4.42. The number of rotatable bonds is 6. The number of ether oxygens (including phenoxy) is 1. The third-order valence-electron chi connectivity index (χ3n) is 2.47. The van der Waals surface area contributed by atoms with Crippen molar-refractivity contribution in [2.24, 2.45) is 0 Å². The van der Waals surface area contributed by atoms with Gasteiger partial charge in [0.05, 0.1) is 19.1 Å². The van der Waals surface area contributed by atoms with Gasteiger partial charge in [-0.25, -0.2) is 4.39 Å². The van der Waals surface area contributed by atoms with Gasteiger partial charge in [-0.2, -0.15) is 0 Å². The predicted octanol–water partition coefficient (Wildman–Crippen LogP) is 0.986. The molecule has 0 aliphatic carbocycles. The van der Waals surface area contributed by atoms with E-state index in [-0.39, 0.29) is 17.7 Å². The molecule has 2 N–H and O–H groups in total. The van der Waals surface area contributed by atoms with Gasteiger partial charge in [0, 0.05) is 5.56 Å². The third-order valence-corrected chi connectivity index (χ3v) is 2.47. The highest BCUT2D eigenvalue weighted by molar-refractivity contribution is 5.75. The van der Waals surface area contributed by atoms with Crippen molar-refractivity contribution < 1.29 is 28.9 Å². The second-order valence-electron chi connectivity index (χ2n) is 3.96. The number of benzene rings is 1. The molecule has 0 aromatic heterocycles. The summed E-state index contributed by atoms with van der Waals surface area (Å²) in [6.07, 6.45) is -2.89. The number of aldehydes is 1. The highest BCUT2D eigenvalue weighted by Crippen LogP contribution is 2.21. The van der Waals surface area contributed by atoms with Gasteiger partial charge in [-0.1, -0.05) is 0 Å². The van der Waals surface area contributed by atoms with Crippen LogP contribution in [0.2, 0.25) is 0 Å². The van der Waals surface area contributed by atoms with Crippen LogP contribution in [0.1, 0.15) is 35.4 Å². The Morgan fingerprint density at radius 1 is 1.42 bits per heavy atom. The fourth-order valence-electron chi connectivity index (χ4n) is 1.60. The van der Waals surface area contributed by atoms with E-state index in [1.165, 1.54) is 6.07 Å². The standard InChI is InChI=1S/C13H15FO5/c1-2-19-12(17)6-11(16)13(18)9-3-8(7-15)4-10(14)5-9/h3-5,7,11,13,16,18H,2,6H2,1H3. The van der Waals surface area contributed by atoms with E-state index in [9.17, 15) is 24.2 Å². The molecule has 2 atom stereocenters.